The lowest BCUT2D eigenvalue weighted by Gasteiger charge is -2.41. The molecular formula is C31H60N2O4. The summed E-state index contributed by atoms with van der Waals surface area (Å²) in [5, 5.41) is 29.7. The number of hydrogen-bond donors (Lipinski definition) is 4. The van der Waals surface area contributed by atoms with E-state index < -0.39 is 28.7 Å². The molecule has 0 radical (unpaired) electrons. The third kappa shape index (κ3) is 9.23. The first-order chi connectivity index (χ1) is 17.3. The molecule has 1 saturated carbocycles. The van der Waals surface area contributed by atoms with Crippen molar-refractivity contribution in [3.63, 3.8) is 0 Å². The van der Waals surface area contributed by atoms with E-state index in [0.717, 1.165) is 38.5 Å². The fourth-order valence-electron chi connectivity index (χ4n) is 6.58. The first-order valence-electron chi connectivity index (χ1n) is 15.4. The van der Waals surface area contributed by atoms with E-state index in [1.54, 1.807) is 0 Å². The van der Waals surface area contributed by atoms with E-state index in [1.165, 1.54) is 0 Å². The normalized spacial score (nSPS) is 17.7. The minimum atomic E-state index is -1.15. The van der Waals surface area contributed by atoms with Crippen LogP contribution >= 0.6 is 0 Å². The fraction of sp³-hybridized carbons (Fsp3) is 0.935. The van der Waals surface area contributed by atoms with Gasteiger partial charge in [0.25, 0.3) is 0 Å². The topological polar surface area (TPSA) is 98.7 Å². The number of amides is 2. The van der Waals surface area contributed by atoms with Crippen LogP contribution in [0.15, 0.2) is 0 Å². The smallest absolute Gasteiger partial charge is 0.236 e. The van der Waals surface area contributed by atoms with E-state index in [1.807, 2.05) is 0 Å². The van der Waals surface area contributed by atoms with E-state index in [9.17, 15) is 19.8 Å². The minimum absolute atomic E-state index is 0.253. The molecule has 0 aliphatic heterocycles. The monoisotopic (exact) mass is 524 g/mol. The summed E-state index contributed by atoms with van der Waals surface area (Å²) in [6.45, 7) is 16.7. The van der Waals surface area contributed by atoms with E-state index in [-0.39, 0.29) is 11.8 Å². The number of nitrogens with one attached hydrogen (secondary N) is 2. The van der Waals surface area contributed by atoms with Gasteiger partial charge in [0.15, 0.2) is 0 Å². The third-order valence-corrected chi connectivity index (χ3v) is 8.38. The van der Waals surface area contributed by atoms with Crippen LogP contribution in [-0.2, 0) is 9.59 Å². The Kier molecular flexibility index (Phi) is 14.2. The zero-order valence-corrected chi connectivity index (χ0v) is 25.4. The van der Waals surface area contributed by atoms with Crippen LogP contribution in [0.5, 0.6) is 0 Å². The maximum atomic E-state index is 14.0. The average Bonchev–Trinajstić information content (AvgIpc) is 3.30. The van der Waals surface area contributed by atoms with Crippen molar-refractivity contribution >= 4 is 11.8 Å². The third-order valence-electron chi connectivity index (χ3n) is 8.38. The number of rotatable bonds is 18. The Morgan fingerprint density at radius 3 is 1.22 bits per heavy atom. The van der Waals surface area contributed by atoms with Gasteiger partial charge in [-0.1, -0.05) is 93.9 Å². The SMILES string of the molecule is CCCC(O)(CCC)[C@@H](CC(C)C)NC(=O)C1(C(=O)N[C@H](CC(C)C)C(O)(CCC)CCC)CCCC1. The molecule has 2 atom stereocenters. The van der Waals surface area contributed by atoms with Gasteiger partial charge in [0.05, 0.1) is 23.3 Å². The molecular weight excluding hydrogens is 464 g/mol. The van der Waals surface area contributed by atoms with Gasteiger partial charge in [0.2, 0.25) is 11.8 Å². The molecule has 2 amide bonds. The Morgan fingerprint density at radius 2 is 0.973 bits per heavy atom. The zero-order chi connectivity index (χ0) is 28.3. The van der Waals surface area contributed by atoms with E-state index in [4.69, 9.17) is 0 Å². The molecule has 0 bridgehead atoms. The molecule has 0 saturated heterocycles. The van der Waals surface area contributed by atoms with Gasteiger partial charge in [-0.25, -0.2) is 0 Å². The Hall–Kier alpha value is -1.14. The lowest BCUT2D eigenvalue weighted by molar-refractivity contribution is -0.147. The second kappa shape index (κ2) is 15.5. The van der Waals surface area contributed by atoms with Gasteiger partial charge in [-0.15, -0.1) is 0 Å². The molecule has 6 nitrogen and oxygen atoms in total. The maximum absolute atomic E-state index is 14.0. The number of hydrogen-bond acceptors (Lipinski definition) is 4. The summed E-state index contributed by atoms with van der Waals surface area (Å²) in [5.41, 5.74) is -3.12. The second-order valence-electron chi connectivity index (χ2n) is 12.8. The van der Waals surface area contributed by atoms with Gasteiger partial charge < -0.3 is 20.8 Å². The van der Waals surface area contributed by atoms with Crippen molar-refractivity contribution in [2.45, 2.75) is 169 Å². The van der Waals surface area contributed by atoms with Gasteiger partial charge >= 0.3 is 0 Å². The maximum Gasteiger partial charge on any atom is 0.236 e. The molecule has 1 aliphatic rings. The van der Waals surface area contributed by atoms with Gasteiger partial charge in [0.1, 0.15) is 5.41 Å². The molecule has 0 unspecified atom stereocenters. The van der Waals surface area contributed by atoms with Crippen LogP contribution in [0.4, 0.5) is 0 Å². The Labute approximate surface area is 228 Å². The molecule has 4 N–H and O–H groups in total. The summed E-state index contributed by atoms with van der Waals surface area (Å²) in [4.78, 5) is 28.0. The number of carbonyl (C=O) groups is 2. The molecule has 6 heteroatoms. The minimum Gasteiger partial charge on any atom is -0.388 e. The van der Waals surface area contributed by atoms with Crippen LogP contribution in [0.25, 0.3) is 0 Å². The Morgan fingerprint density at radius 1 is 0.676 bits per heavy atom. The van der Waals surface area contributed by atoms with Crippen LogP contribution in [0, 0.1) is 17.3 Å². The molecule has 1 fully saturated rings. The average molecular weight is 525 g/mol. The van der Waals surface area contributed by atoms with Crippen molar-refractivity contribution in [2.75, 3.05) is 0 Å². The summed E-state index contributed by atoms with van der Waals surface area (Å²) in [6.07, 6.45) is 9.81. The predicted molar refractivity (Wildman–Crippen MR) is 153 cm³/mol. The van der Waals surface area contributed by atoms with E-state index in [2.05, 4.69) is 66.0 Å². The molecule has 37 heavy (non-hydrogen) atoms. The molecule has 0 aromatic heterocycles. The quantitative estimate of drug-likeness (QED) is 0.159. The van der Waals surface area contributed by atoms with E-state index in [0.29, 0.717) is 63.2 Å². The highest BCUT2D eigenvalue weighted by molar-refractivity contribution is 6.05. The molecule has 0 aromatic rings. The fourth-order valence-corrected chi connectivity index (χ4v) is 6.58. The van der Waals surface area contributed by atoms with Crippen LogP contribution in [0.1, 0.15) is 145 Å². The van der Waals surface area contributed by atoms with Crippen molar-refractivity contribution in [1.82, 2.24) is 10.6 Å². The summed E-state index contributed by atoms with van der Waals surface area (Å²) >= 11 is 0. The van der Waals surface area contributed by atoms with Gasteiger partial charge in [-0.3, -0.25) is 9.59 Å². The predicted octanol–water partition coefficient (Wildman–Crippen LogP) is 6.27. The van der Waals surface area contributed by atoms with Crippen molar-refractivity contribution in [2.24, 2.45) is 17.3 Å². The molecule has 218 valence electrons. The van der Waals surface area contributed by atoms with Crippen molar-refractivity contribution in [1.29, 1.82) is 0 Å². The Bertz CT molecular complexity index is 621. The van der Waals surface area contributed by atoms with Crippen molar-refractivity contribution in [3.05, 3.63) is 0 Å². The molecule has 0 heterocycles. The number of carbonyl (C=O) groups excluding carboxylic acids is 2. The lowest BCUT2D eigenvalue weighted by Crippen LogP contribution is -2.61. The lowest BCUT2D eigenvalue weighted by atomic mass is 9.77. The van der Waals surface area contributed by atoms with Crippen molar-refractivity contribution in [3.8, 4) is 0 Å². The highest BCUT2D eigenvalue weighted by Gasteiger charge is 2.51. The van der Waals surface area contributed by atoms with Gasteiger partial charge in [0, 0.05) is 0 Å². The first kappa shape index (κ1) is 33.9. The molecule has 0 aromatic carbocycles. The molecule has 1 aliphatic carbocycles. The molecule has 1 rings (SSSR count). The van der Waals surface area contributed by atoms with E-state index >= 15 is 0 Å². The Balaban J connectivity index is 3.32. The first-order valence-corrected chi connectivity index (χ1v) is 15.4. The highest BCUT2D eigenvalue weighted by Crippen LogP contribution is 2.41. The van der Waals surface area contributed by atoms with Gasteiger partial charge in [-0.05, 0) is 63.2 Å². The van der Waals surface area contributed by atoms with Crippen LogP contribution < -0.4 is 10.6 Å². The second-order valence-corrected chi connectivity index (χ2v) is 12.8. The zero-order valence-electron chi connectivity index (χ0n) is 25.4. The van der Waals surface area contributed by atoms with Crippen LogP contribution in [-0.4, -0.2) is 45.3 Å². The van der Waals surface area contributed by atoms with Crippen LogP contribution in [0.3, 0.4) is 0 Å². The summed E-state index contributed by atoms with van der Waals surface area (Å²) in [5.74, 6) is 0.0908. The number of aliphatic hydroxyl groups is 2. The van der Waals surface area contributed by atoms with Gasteiger partial charge in [-0.2, -0.15) is 0 Å². The standard InChI is InChI=1S/C31H60N2O4/c1-9-15-30(36,16-10-2)25(21-23(5)6)32-27(34)29(19-13-14-20-29)28(35)33-26(22-24(7)8)31(37,17-11-3)18-12-4/h23-26,36-37H,9-22H2,1-8H3,(H,32,34)(H,33,35)/t25-,26-/m1/s1. The summed E-state index contributed by atoms with van der Waals surface area (Å²) < 4.78 is 0. The van der Waals surface area contributed by atoms with Crippen LogP contribution in [0.2, 0.25) is 0 Å². The highest BCUT2D eigenvalue weighted by atomic mass is 16.3. The van der Waals surface area contributed by atoms with Crippen molar-refractivity contribution < 1.29 is 19.8 Å². The summed E-state index contributed by atoms with van der Waals surface area (Å²) in [7, 11) is 0. The summed E-state index contributed by atoms with van der Waals surface area (Å²) in [6, 6.07) is -0.789. The molecule has 0 spiro atoms. The largest absolute Gasteiger partial charge is 0.388 e.